The highest BCUT2D eigenvalue weighted by Gasteiger charge is 2.02. The molecule has 0 rings (SSSR count). The van der Waals surface area contributed by atoms with Crippen molar-refractivity contribution in [1.29, 1.82) is 0 Å². The summed E-state index contributed by atoms with van der Waals surface area (Å²) in [5, 5.41) is 7.99. The van der Waals surface area contributed by atoms with Crippen LogP contribution in [0.4, 0.5) is 9.59 Å². The van der Waals surface area contributed by atoms with Crippen LogP contribution < -0.4 is 0 Å². The van der Waals surface area contributed by atoms with Gasteiger partial charge in [-0.2, -0.15) is 0 Å². The fourth-order valence-corrected chi connectivity index (χ4v) is 0.533. The van der Waals surface area contributed by atoms with E-state index < -0.39 is 12.3 Å². The van der Waals surface area contributed by atoms with Gasteiger partial charge in [0.25, 0.3) is 0 Å². The van der Waals surface area contributed by atoms with Crippen LogP contribution in [0.15, 0.2) is 0 Å². The second-order valence-electron chi connectivity index (χ2n) is 2.72. The third-order valence-electron chi connectivity index (χ3n) is 1.40. The molecule has 0 amide bonds. The third kappa shape index (κ3) is 15.0. The molecule has 0 fully saturated rings. The van der Waals surface area contributed by atoms with Gasteiger partial charge >= 0.3 is 12.3 Å². The highest BCUT2D eigenvalue weighted by atomic mass is 16.7. The molecule has 0 saturated heterocycles. The summed E-state index contributed by atoms with van der Waals surface area (Å²) in [6.45, 7) is 7.80. The quantitative estimate of drug-likeness (QED) is 0.755. The van der Waals surface area contributed by atoms with Gasteiger partial charge in [-0.15, -0.1) is 0 Å². The van der Waals surface area contributed by atoms with E-state index in [2.05, 4.69) is 14.2 Å². The Bertz CT molecular complexity index is 184. The molecule has 0 heterocycles. The molecule has 0 aromatic rings. The van der Waals surface area contributed by atoms with E-state index in [0.717, 1.165) is 6.42 Å². The second kappa shape index (κ2) is 11.6. The molecule has 0 aliphatic rings. The molecular weight excluding hydrogens is 216 g/mol. The van der Waals surface area contributed by atoms with E-state index in [0.29, 0.717) is 13.2 Å². The van der Waals surface area contributed by atoms with Gasteiger partial charge in [0, 0.05) is 0 Å². The van der Waals surface area contributed by atoms with Gasteiger partial charge in [-0.1, -0.05) is 6.92 Å². The van der Waals surface area contributed by atoms with E-state index in [1.807, 2.05) is 6.92 Å². The number of ether oxygens (including phenoxy) is 3. The van der Waals surface area contributed by atoms with Gasteiger partial charge in [0.05, 0.1) is 13.2 Å². The molecule has 96 valence electrons. The summed E-state index contributed by atoms with van der Waals surface area (Å²) in [6, 6.07) is 0. The Morgan fingerprint density at radius 1 is 1.12 bits per heavy atom. The summed E-state index contributed by atoms with van der Waals surface area (Å²) in [6.07, 6.45) is -1.23. The summed E-state index contributed by atoms with van der Waals surface area (Å²) in [5.41, 5.74) is 0. The van der Waals surface area contributed by atoms with Crippen LogP contribution in [0.25, 0.3) is 0 Å². The molecular formula is C10H20O6. The highest BCUT2D eigenvalue weighted by molar-refractivity contribution is 5.59. The first kappa shape index (κ1) is 17.0. The topological polar surface area (TPSA) is 82.1 Å². The number of carbonyl (C=O) groups is 2. The van der Waals surface area contributed by atoms with E-state index in [9.17, 15) is 9.59 Å². The monoisotopic (exact) mass is 236 g/mol. The first-order valence-corrected chi connectivity index (χ1v) is 5.16. The van der Waals surface area contributed by atoms with Gasteiger partial charge in [-0.05, 0) is 27.2 Å². The average Bonchev–Trinajstić information content (AvgIpc) is 2.18. The van der Waals surface area contributed by atoms with Crippen molar-refractivity contribution >= 4 is 12.3 Å². The number of hydrogen-bond acceptors (Lipinski definition) is 5. The lowest BCUT2D eigenvalue weighted by atomic mass is 10.3. The summed E-state index contributed by atoms with van der Waals surface area (Å²) in [7, 11) is 0. The lowest BCUT2D eigenvalue weighted by Crippen LogP contribution is -2.10. The minimum atomic E-state index is -1.20. The Kier molecular flexibility index (Phi) is 12.3. The molecule has 16 heavy (non-hydrogen) atoms. The van der Waals surface area contributed by atoms with Gasteiger partial charge in [-0.25, -0.2) is 9.59 Å². The number of hydrogen-bond donors (Lipinski definition) is 1. The molecule has 0 aromatic heterocycles. The lowest BCUT2D eigenvalue weighted by molar-refractivity contribution is 0.0574. The fraction of sp³-hybridized carbons (Fsp3) is 0.800. The first-order chi connectivity index (χ1) is 7.47. The maximum Gasteiger partial charge on any atom is 0.508 e. The van der Waals surface area contributed by atoms with Crippen molar-refractivity contribution in [2.75, 3.05) is 13.2 Å². The highest BCUT2D eigenvalue weighted by Crippen LogP contribution is 1.94. The second-order valence-corrected chi connectivity index (χ2v) is 2.72. The van der Waals surface area contributed by atoms with Crippen LogP contribution >= 0.6 is 0 Å². The molecule has 0 saturated carbocycles. The predicted molar refractivity (Wildman–Crippen MR) is 57.5 cm³/mol. The zero-order chi connectivity index (χ0) is 13.0. The Labute approximate surface area is 95.5 Å². The van der Waals surface area contributed by atoms with Crippen molar-refractivity contribution in [3.05, 3.63) is 0 Å². The molecule has 0 spiro atoms. The molecule has 0 aliphatic carbocycles. The zero-order valence-corrected chi connectivity index (χ0v) is 10.2. The average molecular weight is 236 g/mol. The summed E-state index contributed by atoms with van der Waals surface area (Å²) >= 11 is 0. The third-order valence-corrected chi connectivity index (χ3v) is 1.40. The largest absolute Gasteiger partial charge is 0.508 e. The van der Waals surface area contributed by atoms with Crippen molar-refractivity contribution in [3.63, 3.8) is 0 Å². The molecule has 0 aromatic carbocycles. The van der Waals surface area contributed by atoms with Gasteiger partial charge in [0.2, 0.25) is 0 Å². The zero-order valence-electron chi connectivity index (χ0n) is 10.2. The minimum Gasteiger partial charge on any atom is -0.450 e. The molecule has 1 N–H and O–H groups in total. The summed E-state index contributed by atoms with van der Waals surface area (Å²) in [5.74, 6) is 0. The van der Waals surface area contributed by atoms with Gasteiger partial charge in [-0.3, -0.25) is 0 Å². The van der Waals surface area contributed by atoms with E-state index in [1.54, 1.807) is 20.8 Å². The Morgan fingerprint density at radius 3 is 1.75 bits per heavy atom. The van der Waals surface area contributed by atoms with Crippen LogP contribution in [0.3, 0.4) is 0 Å². The smallest absolute Gasteiger partial charge is 0.450 e. The minimum absolute atomic E-state index is 0.174. The predicted octanol–water partition coefficient (Wildman–Crippen LogP) is 2.66. The maximum absolute atomic E-state index is 10.2. The normalized spacial score (nSPS) is 10.5. The van der Waals surface area contributed by atoms with Crippen LogP contribution in [-0.4, -0.2) is 36.7 Å². The van der Waals surface area contributed by atoms with Crippen molar-refractivity contribution in [3.8, 4) is 0 Å². The Balaban J connectivity index is 0. The molecule has 0 radical (unpaired) electrons. The molecule has 1 unspecified atom stereocenters. The van der Waals surface area contributed by atoms with Crippen molar-refractivity contribution in [2.45, 2.75) is 40.2 Å². The molecule has 6 heteroatoms. The Morgan fingerprint density at radius 2 is 1.56 bits per heavy atom. The fourth-order valence-electron chi connectivity index (χ4n) is 0.533. The molecule has 1 atom stereocenters. The first-order valence-electron chi connectivity index (χ1n) is 5.16. The standard InChI is InChI=1S/2C5H10O3/c1-3-7-5(6)8-4-2;1-3-4(2)8-5(6)7/h3-4H2,1-2H3;4H,3H2,1-2H3,(H,6,7). The van der Waals surface area contributed by atoms with Crippen LogP contribution in [0.2, 0.25) is 0 Å². The molecule has 0 aliphatic heterocycles. The number of rotatable bonds is 4. The van der Waals surface area contributed by atoms with Gasteiger partial charge < -0.3 is 19.3 Å². The Hall–Kier alpha value is -1.46. The van der Waals surface area contributed by atoms with E-state index in [1.165, 1.54) is 0 Å². The van der Waals surface area contributed by atoms with Crippen molar-refractivity contribution in [1.82, 2.24) is 0 Å². The van der Waals surface area contributed by atoms with Gasteiger partial charge in [0.15, 0.2) is 0 Å². The van der Waals surface area contributed by atoms with Crippen LogP contribution in [-0.2, 0) is 14.2 Å². The number of carbonyl (C=O) groups excluding carboxylic acids is 1. The SMILES string of the molecule is CCC(C)OC(=O)O.CCOC(=O)OCC. The van der Waals surface area contributed by atoms with E-state index >= 15 is 0 Å². The number of carboxylic acid groups (broad SMARTS) is 1. The molecule has 0 bridgehead atoms. The lowest BCUT2D eigenvalue weighted by Gasteiger charge is -2.04. The molecule has 6 nitrogen and oxygen atoms in total. The summed E-state index contributed by atoms with van der Waals surface area (Å²) < 4.78 is 13.2. The van der Waals surface area contributed by atoms with Crippen molar-refractivity contribution < 1.29 is 28.9 Å². The maximum atomic E-state index is 10.2. The van der Waals surface area contributed by atoms with E-state index in [-0.39, 0.29) is 6.10 Å². The summed E-state index contributed by atoms with van der Waals surface area (Å²) in [4.78, 5) is 19.9. The van der Waals surface area contributed by atoms with E-state index in [4.69, 9.17) is 5.11 Å². The van der Waals surface area contributed by atoms with Crippen LogP contribution in [0.1, 0.15) is 34.1 Å². The van der Waals surface area contributed by atoms with Gasteiger partial charge in [0.1, 0.15) is 6.10 Å². The van der Waals surface area contributed by atoms with Crippen molar-refractivity contribution in [2.24, 2.45) is 0 Å². The van der Waals surface area contributed by atoms with Crippen LogP contribution in [0, 0.1) is 0 Å². The van der Waals surface area contributed by atoms with Crippen LogP contribution in [0.5, 0.6) is 0 Å².